The van der Waals surface area contributed by atoms with Crippen molar-refractivity contribution in [3.63, 3.8) is 0 Å². The predicted octanol–water partition coefficient (Wildman–Crippen LogP) is 7.48. The fourth-order valence-corrected chi connectivity index (χ4v) is 4.68. The van der Waals surface area contributed by atoms with Crippen LogP contribution >= 0.6 is 11.8 Å². The number of nitrogens with one attached hydrogen (secondary N) is 2. The van der Waals surface area contributed by atoms with Gasteiger partial charge in [0.1, 0.15) is 17.7 Å². The second-order valence-corrected chi connectivity index (χ2v) is 12.4. The molecule has 8 heteroatoms. The van der Waals surface area contributed by atoms with Crippen LogP contribution in [-0.2, 0) is 20.7 Å². The third kappa shape index (κ3) is 18.9. The Labute approximate surface area is 252 Å². The van der Waals surface area contributed by atoms with E-state index in [-0.39, 0.29) is 19.6 Å². The molecule has 0 fully saturated rings. The number of allylic oxidation sites excluding steroid dienone is 5. The van der Waals surface area contributed by atoms with Gasteiger partial charge in [-0.3, -0.25) is 4.79 Å². The molecule has 1 aromatic rings. The van der Waals surface area contributed by atoms with E-state index < -0.39 is 35.7 Å². The number of carboxylic acids is 1. The molecule has 1 rings (SSSR count). The molecular formula is C33H52N2O5S. The molecule has 2 atom stereocenters. The number of aliphatic carboxylic acids is 1. The number of amides is 2. The van der Waals surface area contributed by atoms with Crippen LogP contribution in [0, 0.1) is 0 Å². The van der Waals surface area contributed by atoms with Gasteiger partial charge in [-0.2, -0.15) is 11.8 Å². The quantitative estimate of drug-likeness (QED) is 0.137. The van der Waals surface area contributed by atoms with Crippen molar-refractivity contribution < 1.29 is 24.2 Å². The highest BCUT2D eigenvalue weighted by Crippen LogP contribution is 2.14. The van der Waals surface area contributed by atoms with E-state index in [1.807, 2.05) is 30.3 Å². The molecule has 0 bridgehead atoms. The van der Waals surface area contributed by atoms with Crippen LogP contribution in [0.3, 0.4) is 0 Å². The minimum absolute atomic E-state index is 0. The van der Waals surface area contributed by atoms with Crippen molar-refractivity contribution in [1.29, 1.82) is 0 Å². The molecule has 0 aromatic heterocycles. The molecule has 0 radical (unpaired) electrons. The Bertz CT molecular complexity index is 1040. The number of benzene rings is 1. The predicted molar refractivity (Wildman–Crippen MR) is 172 cm³/mol. The van der Waals surface area contributed by atoms with Crippen molar-refractivity contribution in [2.75, 3.05) is 11.5 Å². The lowest BCUT2D eigenvalue weighted by Gasteiger charge is -2.24. The first kappa shape index (κ1) is 38.0. The van der Waals surface area contributed by atoms with Crippen molar-refractivity contribution in [2.45, 2.75) is 106 Å². The smallest absolute Gasteiger partial charge is 0.408 e. The van der Waals surface area contributed by atoms with Gasteiger partial charge in [-0.1, -0.05) is 72.7 Å². The van der Waals surface area contributed by atoms with Crippen molar-refractivity contribution in [2.24, 2.45) is 0 Å². The summed E-state index contributed by atoms with van der Waals surface area (Å²) in [5.74, 6) is -0.830. The average molecular weight is 589 g/mol. The summed E-state index contributed by atoms with van der Waals surface area (Å²) in [4.78, 5) is 37.4. The van der Waals surface area contributed by atoms with Gasteiger partial charge in [0.05, 0.1) is 0 Å². The molecule has 41 heavy (non-hydrogen) atoms. The Morgan fingerprint density at radius 2 is 1.49 bits per heavy atom. The van der Waals surface area contributed by atoms with Crippen LogP contribution in [0.15, 0.2) is 65.3 Å². The number of hydrogen-bond donors (Lipinski definition) is 3. The van der Waals surface area contributed by atoms with Gasteiger partial charge in [0.15, 0.2) is 0 Å². The van der Waals surface area contributed by atoms with Crippen molar-refractivity contribution in [3.8, 4) is 0 Å². The van der Waals surface area contributed by atoms with E-state index in [0.29, 0.717) is 5.75 Å². The van der Waals surface area contributed by atoms with Gasteiger partial charge in [0.25, 0.3) is 0 Å². The summed E-state index contributed by atoms with van der Waals surface area (Å²) in [5, 5.41) is 14.9. The maximum Gasteiger partial charge on any atom is 0.408 e. The fourth-order valence-electron chi connectivity index (χ4n) is 3.68. The molecule has 0 spiro atoms. The third-order valence-corrected chi connectivity index (χ3v) is 6.83. The van der Waals surface area contributed by atoms with Crippen LogP contribution in [0.1, 0.15) is 87.1 Å². The van der Waals surface area contributed by atoms with E-state index in [4.69, 9.17) is 4.74 Å². The standard InChI is InChI=1S/C32H48N2O5S.CH4/c1-23(2)13-11-14-24(3)15-12-16-25(4)19-20-40-22-28(30(36)37)33-29(35)27(21-26-17-9-8-10-18-26)34-31(38)39-32(5,6)7;/h8-10,13,15,17-19,27-28H,11-12,14,16,20-22H2,1-7H3,(H,33,35)(H,34,38)(H,36,37);1H4/b24-15+,25-19+;/t27-,28-;/m0./s1. The maximum absolute atomic E-state index is 13.1. The summed E-state index contributed by atoms with van der Waals surface area (Å²) in [6.45, 7) is 13.7. The van der Waals surface area contributed by atoms with Gasteiger partial charge in [-0.05, 0) is 79.7 Å². The van der Waals surface area contributed by atoms with Crippen LogP contribution in [-0.4, -0.2) is 52.3 Å². The molecule has 1 aromatic carbocycles. The third-order valence-electron chi connectivity index (χ3n) is 5.86. The lowest BCUT2D eigenvalue weighted by atomic mass is 10.1. The van der Waals surface area contributed by atoms with E-state index in [1.54, 1.807) is 20.8 Å². The number of hydrogen-bond acceptors (Lipinski definition) is 5. The summed E-state index contributed by atoms with van der Waals surface area (Å²) >= 11 is 1.45. The van der Waals surface area contributed by atoms with Crippen molar-refractivity contribution in [3.05, 3.63) is 70.8 Å². The molecule has 0 saturated carbocycles. The van der Waals surface area contributed by atoms with E-state index in [0.717, 1.165) is 31.2 Å². The zero-order valence-corrected chi connectivity index (χ0v) is 26.0. The van der Waals surface area contributed by atoms with E-state index in [2.05, 4.69) is 56.6 Å². The highest BCUT2D eigenvalue weighted by Gasteiger charge is 2.28. The number of ether oxygens (including phenoxy) is 1. The van der Waals surface area contributed by atoms with Gasteiger partial charge in [0, 0.05) is 17.9 Å². The van der Waals surface area contributed by atoms with Gasteiger partial charge >= 0.3 is 12.1 Å². The second kappa shape index (κ2) is 20.0. The Morgan fingerprint density at radius 3 is 2.05 bits per heavy atom. The molecule has 7 nitrogen and oxygen atoms in total. The van der Waals surface area contributed by atoms with Gasteiger partial charge in [0.2, 0.25) is 5.91 Å². The zero-order chi connectivity index (χ0) is 30.1. The molecule has 0 saturated heterocycles. The normalized spacial score (nSPS) is 13.3. The van der Waals surface area contributed by atoms with Gasteiger partial charge in [-0.25, -0.2) is 9.59 Å². The van der Waals surface area contributed by atoms with Crippen molar-refractivity contribution >= 4 is 29.7 Å². The summed E-state index contributed by atoms with van der Waals surface area (Å²) in [6.07, 6.45) is 10.2. The molecule has 0 aliphatic carbocycles. The fraction of sp³-hybridized carbons (Fsp3) is 0.545. The molecule has 0 heterocycles. The zero-order valence-electron chi connectivity index (χ0n) is 25.2. The number of carboxylic acid groups (broad SMARTS) is 1. The molecule has 0 aliphatic rings. The van der Waals surface area contributed by atoms with Crippen LogP contribution in [0.4, 0.5) is 4.79 Å². The second-order valence-electron chi connectivity index (χ2n) is 11.3. The Balaban J connectivity index is 0.0000160. The Hall–Kier alpha value is -3.00. The minimum atomic E-state index is -1.12. The summed E-state index contributed by atoms with van der Waals surface area (Å²) < 4.78 is 5.31. The molecular weight excluding hydrogens is 536 g/mol. The van der Waals surface area contributed by atoms with Gasteiger partial charge in [-0.15, -0.1) is 0 Å². The summed E-state index contributed by atoms with van der Waals surface area (Å²) in [6, 6.07) is 7.16. The minimum Gasteiger partial charge on any atom is -0.480 e. The average Bonchev–Trinajstić information content (AvgIpc) is 2.84. The molecule has 0 unspecified atom stereocenters. The number of rotatable bonds is 16. The lowest BCUT2D eigenvalue weighted by molar-refractivity contribution is -0.141. The summed E-state index contributed by atoms with van der Waals surface area (Å²) in [7, 11) is 0. The van der Waals surface area contributed by atoms with Gasteiger partial charge < -0.3 is 20.5 Å². The monoisotopic (exact) mass is 588 g/mol. The van der Waals surface area contributed by atoms with E-state index in [9.17, 15) is 19.5 Å². The number of alkyl carbamates (subject to hydrolysis) is 1. The number of carbonyl (C=O) groups excluding carboxylic acids is 2. The number of carbonyl (C=O) groups is 3. The number of thioether (sulfide) groups is 1. The van der Waals surface area contributed by atoms with Crippen LogP contribution in [0.2, 0.25) is 0 Å². The molecule has 230 valence electrons. The first-order valence-corrected chi connectivity index (χ1v) is 15.0. The summed E-state index contributed by atoms with van der Waals surface area (Å²) in [5.41, 5.74) is 4.09. The SMILES string of the molecule is C.CC(C)=CCC/C(C)=C/CC/C(C)=C/CSC[C@H](NC(=O)[C@H](Cc1ccccc1)NC(=O)OC(C)(C)C)C(=O)O. The lowest BCUT2D eigenvalue weighted by Crippen LogP contribution is -2.53. The van der Waals surface area contributed by atoms with Crippen LogP contribution in [0.5, 0.6) is 0 Å². The topological polar surface area (TPSA) is 105 Å². The molecule has 3 N–H and O–H groups in total. The van der Waals surface area contributed by atoms with E-state index in [1.165, 1.54) is 28.5 Å². The Kier molecular flexibility index (Phi) is 18.5. The van der Waals surface area contributed by atoms with E-state index >= 15 is 0 Å². The van der Waals surface area contributed by atoms with Crippen LogP contribution < -0.4 is 10.6 Å². The highest BCUT2D eigenvalue weighted by molar-refractivity contribution is 7.99. The maximum atomic E-state index is 13.1. The van der Waals surface area contributed by atoms with Crippen molar-refractivity contribution in [1.82, 2.24) is 10.6 Å². The highest BCUT2D eigenvalue weighted by atomic mass is 32.2. The van der Waals surface area contributed by atoms with Crippen LogP contribution in [0.25, 0.3) is 0 Å². The Morgan fingerprint density at radius 1 is 0.902 bits per heavy atom. The largest absolute Gasteiger partial charge is 0.480 e. The first-order valence-electron chi connectivity index (χ1n) is 13.9. The first-order chi connectivity index (χ1) is 18.8. The molecule has 0 aliphatic heterocycles. The molecule has 2 amide bonds.